The van der Waals surface area contributed by atoms with E-state index in [0.717, 1.165) is 38.3 Å². The van der Waals surface area contributed by atoms with E-state index < -0.39 is 0 Å². The summed E-state index contributed by atoms with van der Waals surface area (Å²) >= 11 is 0. The predicted octanol–water partition coefficient (Wildman–Crippen LogP) is 2.09. The maximum absolute atomic E-state index is 10.3. The van der Waals surface area contributed by atoms with E-state index in [0.29, 0.717) is 5.92 Å². The molecule has 1 aromatic rings. The summed E-state index contributed by atoms with van der Waals surface area (Å²) in [6.07, 6.45) is -0.371. The van der Waals surface area contributed by atoms with Crippen LogP contribution in [0.2, 0.25) is 0 Å². The van der Waals surface area contributed by atoms with Crippen LogP contribution in [0, 0.1) is 0 Å². The third-order valence-corrected chi connectivity index (χ3v) is 4.01. The standard InChI is InChI=1S/C16H26N2O/c1-13(2)14-4-6-15(7-5-14)16(19)12-18-10-8-17(3)9-11-18/h4-7,13,16,19H,8-12H2,1-3H3. The second-order valence-electron chi connectivity index (χ2n) is 5.94. The first-order valence-corrected chi connectivity index (χ1v) is 7.25. The summed E-state index contributed by atoms with van der Waals surface area (Å²) in [5.41, 5.74) is 2.36. The molecule has 1 saturated heterocycles. The highest BCUT2D eigenvalue weighted by Crippen LogP contribution is 2.19. The second-order valence-corrected chi connectivity index (χ2v) is 5.94. The van der Waals surface area contributed by atoms with Gasteiger partial charge in [0.25, 0.3) is 0 Å². The number of hydrogen-bond donors (Lipinski definition) is 1. The summed E-state index contributed by atoms with van der Waals surface area (Å²) < 4.78 is 0. The van der Waals surface area contributed by atoms with Crippen LogP contribution in [0.5, 0.6) is 0 Å². The summed E-state index contributed by atoms with van der Waals surface area (Å²) in [5, 5.41) is 10.3. The summed E-state index contributed by atoms with van der Waals surface area (Å²) in [6, 6.07) is 8.40. The summed E-state index contributed by atoms with van der Waals surface area (Å²) in [5.74, 6) is 0.545. The number of rotatable bonds is 4. The Morgan fingerprint density at radius 2 is 1.53 bits per heavy atom. The number of nitrogens with zero attached hydrogens (tertiary/aromatic N) is 2. The molecule has 0 radical (unpaired) electrons. The van der Waals surface area contributed by atoms with Crippen molar-refractivity contribution in [1.82, 2.24) is 9.80 Å². The highest BCUT2D eigenvalue weighted by Gasteiger charge is 2.17. The fourth-order valence-electron chi connectivity index (χ4n) is 2.48. The van der Waals surface area contributed by atoms with Gasteiger partial charge in [-0.2, -0.15) is 0 Å². The van der Waals surface area contributed by atoms with Gasteiger partial charge in [0.2, 0.25) is 0 Å². The first kappa shape index (κ1) is 14.5. The smallest absolute Gasteiger partial charge is 0.0916 e. The summed E-state index contributed by atoms with van der Waals surface area (Å²) in [4.78, 5) is 4.68. The zero-order valence-electron chi connectivity index (χ0n) is 12.3. The van der Waals surface area contributed by atoms with Crippen molar-refractivity contribution in [2.75, 3.05) is 39.8 Å². The predicted molar refractivity (Wildman–Crippen MR) is 79.4 cm³/mol. The van der Waals surface area contributed by atoms with Crippen molar-refractivity contribution in [3.05, 3.63) is 35.4 Å². The fraction of sp³-hybridized carbons (Fsp3) is 0.625. The van der Waals surface area contributed by atoms with Gasteiger partial charge in [0.15, 0.2) is 0 Å². The van der Waals surface area contributed by atoms with E-state index in [1.165, 1.54) is 5.56 Å². The van der Waals surface area contributed by atoms with Gasteiger partial charge in [0.1, 0.15) is 0 Å². The summed E-state index contributed by atoms with van der Waals surface area (Å²) in [6.45, 7) is 9.42. The molecule has 1 aliphatic rings. The molecule has 1 atom stereocenters. The molecule has 0 aromatic heterocycles. The average Bonchev–Trinajstić information content (AvgIpc) is 2.41. The Kier molecular flexibility index (Phi) is 4.97. The lowest BCUT2D eigenvalue weighted by molar-refractivity contribution is 0.0805. The van der Waals surface area contributed by atoms with E-state index in [-0.39, 0.29) is 6.10 Å². The SMILES string of the molecule is CC(C)c1ccc(C(O)CN2CCN(C)CC2)cc1. The molecule has 1 fully saturated rings. The quantitative estimate of drug-likeness (QED) is 0.900. The van der Waals surface area contributed by atoms with Gasteiger partial charge in [0.05, 0.1) is 6.10 Å². The van der Waals surface area contributed by atoms with E-state index >= 15 is 0 Å². The zero-order chi connectivity index (χ0) is 13.8. The molecule has 19 heavy (non-hydrogen) atoms. The van der Waals surface area contributed by atoms with Crippen LogP contribution in [0.1, 0.15) is 37.0 Å². The lowest BCUT2D eigenvalue weighted by Gasteiger charge is -2.33. The lowest BCUT2D eigenvalue weighted by atomic mass is 10.00. The van der Waals surface area contributed by atoms with Gasteiger partial charge in [0, 0.05) is 32.7 Å². The van der Waals surface area contributed by atoms with E-state index in [1.54, 1.807) is 0 Å². The van der Waals surface area contributed by atoms with E-state index in [1.807, 2.05) is 0 Å². The summed E-state index contributed by atoms with van der Waals surface area (Å²) in [7, 11) is 2.15. The Bertz CT molecular complexity index is 380. The Morgan fingerprint density at radius 3 is 2.05 bits per heavy atom. The van der Waals surface area contributed by atoms with Crippen LogP contribution in [-0.4, -0.2) is 54.7 Å². The van der Waals surface area contributed by atoms with Crippen LogP contribution in [0.3, 0.4) is 0 Å². The molecule has 1 aromatic carbocycles. The molecule has 1 N–H and O–H groups in total. The lowest BCUT2D eigenvalue weighted by Crippen LogP contribution is -2.45. The van der Waals surface area contributed by atoms with Crippen molar-refractivity contribution >= 4 is 0 Å². The monoisotopic (exact) mass is 262 g/mol. The number of aliphatic hydroxyl groups excluding tert-OH is 1. The second kappa shape index (κ2) is 6.51. The number of aliphatic hydroxyl groups is 1. The van der Waals surface area contributed by atoms with Crippen LogP contribution in [0.15, 0.2) is 24.3 Å². The van der Waals surface area contributed by atoms with Gasteiger partial charge in [-0.15, -0.1) is 0 Å². The van der Waals surface area contributed by atoms with Crippen LogP contribution < -0.4 is 0 Å². The average molecular weight is 262 g/mol. The molecule has 2 rings (SSSR count). The third kappa shape index (κ3) is 4.03. The van der Waals surface area contributed by atoms with Crippen molar-refractivity contribution in [3.8, 4) is 0 Å². The van der Waals surface area contributed by atoms with Crippen molar-refractivity contribution in [2.45, 2.75) is 25.9 Å². The van der Waals surface area contributed by atoms with Crippen LogP contribution >= 0.6 is 0 Å². The number of likely N-dealkylation sites (N-methyl/N-ethyl adjacent to an activating group) is 1. The molecule has 1 heterocycles. The Labute approximate surface area is 116 Å². The first-order valence-electron chi connectivity index (χ1n) is 7.25. The molecule has 0 spiro atoms. The minimum absolute atomic E-state index is 0.371. The van der Waals surface area contributed by atoms with Gasteiger partial charge in [-0.25, -0.2) is 0 Å². The Balaban J connectivity index is 1.90. The molecule has 3 nitrogen and oxygen atoms in total. The number of hydrogen-bond acceptors (Lipinski definition) is 3. The number of piperazine rings is 1. The third-order valence-electron chi connectivity index (χ3n) is 4.01. The van der Waals surface area contributed by atoms with E-state index in [2.05, 4.69) is 55.0 Å². The van der Waals surface area contributed by atoms with Gasteiger partial charge >= 0.3 is 0 Å². The van der Waals surface area contributed by atoms with Crippen LogP contribution in [0.4, 0.5) is 0 Å². The molecule has 0 bridgehead atoms. The van der Waals surface area contributed by atoms with Gasteiger partial charge in [-0.1, -0.05) is 38.1 Å². The molecule has 1 unspecified atom stereocenters. The Morgan fingerprint density at radius 1 is 1.00 bits per heavy atom. The zero-order valence-corrected chi connectivity index (χ0v) is 12.3. The first-order chi connectivity index (χ1) is 9.06. The van der Waals surface area contributed by atoms with Gasteiger partial charge in [-0.3, -0.25) is 4.90 Å². The maximum atomic E-state index is 10.3. The van der Waals surface area contributed by atoms with Crippen molar-refractivity contribution in [2.24, 2.45) is 0 Å². The molecular formula is C16H26N2O. The number of benzene rings is 1. The van der Waals surface area contributed by atoms with Gasteiger partial charge < -0.3 is 10.0 Å². The largest absolute Gasteiger partial charge is 0.387 e. The van der Waals surface area contributed by atoms with E-state index in [9.17, 15) is 5.11 Å². The number of β-amino-alcohol motifs (C(OH)–C–C–N with tert-alkyl or cyclic N) is 1. The Hall–Kier alpha value is -0.900. The molecule has 0 amide bonds. The molecule has 0 aliphatic carbocycles. The molecule has 0 saturated carbocycles. The highest BCUT2D eigenvalue weighted by atomic mass is 16.3. The molecule has 1 aliphatic heterocycles. The van der Waals surface area contributed by atoms with Crippen molar-refractivity contribution < 1.29 is 5.11 Å². The topological polar surface area (TPSA) is 26.7 Å². The minimum Gasteiger partial charge on any atom is -0.387 e. The molecule has 3 heteroatoms. The van der Waals surface area contributed by atoms with Crippen LogP contribution in [-0.2, 0) is 0 Å². The van der Waals surface area contributed by atoms with Crippen molar-refractivity contribution in [3.63, 3.8) is 0 Å². The normalized spacial score (nSPS) is 19.8. The van der Waals surface area contributed by atoms with E-state index in [4.69, 9.17) is 0 Å². The van der Waals surface area contributed by atoms with Crippen LogP contribution in [0.25, 0.3) is 0 Å². The van der Waals surface area contributed by atoms with Gasteiger partial charge in [-0.05, 0) is 24.1 Å². The highest BCUT2D eigenvalue weighted by molar-refractivity contribution is 5.26. The fourth-order valence-corrected chi connectivity index (χ4v) is 2.48. The molecule has 106 valence electrons. The van der Waals surface area contributed by atoms with Crippen molar-refractivity contribution in [1.29, 1.82) is 0 Å². The molecular weight excluding hydrogens is 236 g/mol. The minimum atomic E-state index is -0.371. The maximum Gasteiger partial charge on any atom is 0.0916 e.